The third kappa shape index (κ3) is 6.42. The molecule has 0 saturated heterocycles. The molecule has 0 amide bonds. The highest BCUT2D eigenvalue weighted by molar-refractivity contribution is 6.29. The van der Waals surface area contributed by atoms with Crippen LogP contribution >= 0.6 is 0 Å². The molecule has 0 saturated carbocycles. The third-order valence-corrected chi connectivity index (χ3v) is 11.4. The zero-order chi connectivity index (χ0) is 41.2. The monoisotopic (exact) mass is 796 g/mol. The van der Waals surface area contributed by atoms with Gasteiger partial charge < -0.3 is 18.6 Å². The van der Waals surface area contributed by atoms with Crippen LogP contribution in [0.1, 0.15) is 0 Å². The Labute approximate surface area is 360 Å². The molecule has 9 aromatic carbocycles. The summed E-state index contributed by atoms with van der Waals surface area (Å²) in [6.07, 6.45) is 0. The molecule has 0 aliphatic carbocycles. The molecule has 294 valence electrons. The quantitative estimate of drug-likeness (QED) is 0.129. The average Bonchev–Trinajstić information content (AvgIpc) is 3.95. The van der Waals surface area contributed by atoms with E-state index in [0.717, 1.165) is 101 Å². The Balaban J connectivity index is 1.45. The van der Waals surface area contributed by atoms with Crippen molar-refractivity contribution in [1.29, 1.82) is 0 Å². The summed E-state index contributed by atoms with van der Waals surface area (Å²) in [6, 6.07) is 84.5. The molecule has 4 heteroatoms. The lowest BCUT2D eigenvalue weighted by atomic mass is 9.92. The number of nitrogens with zero attached hydrogens (tertiary/aromatic N) is 2. The summed E-state index contributed by atoms with van der Waals surface area (Å²) in [5.41, 5.74) is 13.1. The lowest BCUT2D eigenvalue weighted by molar-refractivity contribution is 0.629. The average molecular weight is 797 g/mol. The van der Waals surface area contributed by atoms with Crippen LogP contribution in [0, 0.1) is 0 Å². The highest BCUT2D eigenvalue weighted by Gasteiger charge is 2.36. The van der Waals surface area contributed by atoms with Crippen LogP contribution in [0.2, 0.25) is 0 Å². The maximum absolute atomic E-state index is 7.66. The van der Waals surface area contributed by atoms with Crippen LogP contribution in [0.4, 0.5) is 34.1 Å². The molecule has 62 heavy (non-hydrogen) atoms. The van der Waals surface area contributed by atoms with E-state index in [-0.39, 0.29) is 0 Å². The first-order chi connectivity index (χ1) is 30.8. The topological polar surface area (TPSA) is 32.8 Å². The highest BCUT2D eigenvalue weighted by atomic mass is 16.3. The van der Waals surface area contributed by atoms with Gasteiger partial charge in [-0.15, -0.1) is 0 Å². The minimum absolute atomic E-state index is 0.729. The van der Waals surface area contributed by atoms with E-state index in [1.165, 1.54) is 0 Å². The van der Waals surface area contributed by atoms with Crippen LogP contribution in [-0.2, 0) is 0 Å². The van der Waals surface area contributed by atoms with E-state index < -0.39 is 0 Å². The SMILES string of the molecule is c1ccc(-c2oc3c(N(c4ccccc4)c4ccccc4)c4c(-c5ccccc5)c(-c5ccccc5)oc4c(N(c4ccccc4)c4ccccc4)c3c2-c2ccccc2)cc1. The molecule has 11 rings (SSSR count). The van der Waals surface area contributed by atoms with Gasteiger partial charge in [0.2, 0.25) is 0 Å². The summed E-state index contributed by atoms with van der Waals surface area (Å²) in [5.74, 6) is 1.54. The molecule has 0 fully saturated rings. The van der Waals surface area contributed by atoms with E-state index in [9.17, 15) is 0 Å². The van der Waals surface area contributed by atoms with Crippen molar-refractivity contribution in [2.24, 2.45) is 0 Å². The van der Waals surface area contributed by atoms with Crippen LogP contribution in [-0.4, -0.2) is 0 Å². The van der Waals surface area contributed by atoms with Gasteiger partial charge in [-0.2, -0.15) is 0 Å². The Kier molecular flexibility index (Phi) is 9.49. The summed E-state index contributed by atoms with van der Waals surface area (Å²) in [5, 5.41) is 1.85. The maximum Gasteiger partial charge on any atom is 0.162 e. The van der Waals surface area contributed by atoms with Gasteiger partial charge in [0, 0.05) is 45.0 Å². The minimum Gasteiger partial charge on any atom is -0.453 e. The Hall–Kier alpha value is -8.34. The number of furan rings is 2. The largest absolute Gasteiger partial charge is 0.453 e. The number of fused-ring (bicyclic) bond motifs is 2. The van der Waals surface area contributed by atoms with Crippen molar-refractivity contribution in [2.75, 3.05) is 9.80 Å². The minimum atomic E-state index is 0.729. The zero-order valence-corrected chi connectivity index (χ0v) is 33.8. The second-order valence-electron chi connectivity index (χ2n) is 15.2. The normalized spacial score (nSPS) is 11.2. The zero-order valence-electron chi connectivity index (χ0n) is 33.8. The number of hydrogen-bond donors (Lipinski definition) is 0. The fraction of sp³-hybridized carbons (Fsp3) is 0. The van der Waals surface area contributed by atoms with Gasteiger partial charge >= 0.3 is 0 Å². The van der Waals surface area contributed by atoms with Crippen molar-refractivity contribution in [1.82, 2.24) is 0 Å². The molecule has 2 heterocycles. The predicted octanol–water partition coefficient (Wildman–Crippen LogP) is 16.8. The van der Waals surface area contributed by atoms with E-state index in [1.54, 1.807) is 0 Å². The summed E-state index contributed by atoms with van der Waals surface area (Å²) < 4.78 is 15.3. The first-order valence-electron chi connectivity index (χ1n) is 20.9. The fourth-order valence-electron chi connectivity index (χ4n) is 8.77. The van der Waals surface area contributed by atoms with Crippen molar-refractivity contribution < 1.29 is 8.83 Å². The molecule has 0 aliphatic rings. The van der Waals surface area contributed by atoms with Crippen LogP contribution < -0.4 is 9.80 Å². The van der Waals surface area contributed by atoms with Gasteiger partial charge in [0.15, 0.2) is 11.2 Å². The van der Waals surface area contributed by atoms with Crippen molar-refractivity contribution >= 4 is 56.1 Å². The predicted molar refractivity (Wildman–Crippen MR) is 257 cm³/mol. The van der Waals surface area contributed by atoms with Gasteiger partial charge in [-0.1, -0.05) is 194 Å². The van der Waals surface area contributed by atoms with Crippen molar-refractivity contribution in [3.8, 4) is 44.9 Å². The van der Waals surface area contributed by atoms with Gasteiger partial charge in [-0.25, -0.2) is 0 Å². The number of para-hydroxylation sites is 4. The van der Waals surface area contributed by atoms with Crippen LogP contribution in [0.3, 0.4) is 0 Å². The Bertz CT molecular complexity index is 2940. The van der Waals surface area contributed by atoms with E-state index in [2.05, 4.69) is 252 Å². The lowest BCUT2D eigenvalue weighted by Crippen LogP contribution is -2.14. The van der Waals surface area contributed by atoms with Gasteiger partial charge in [0.1, 0.15) is 22.9 Å². The number of benzene rings is 9. The molecular weight excluding hydrogens is 757 g/mol. The highest BCUT2D eigenvalue weighted by Crippen LogP contribution is 2.60. The molecule has 4 nitrogen and oxygen atoms in total. The molecule has 0 spiro atoms. The summed E-state index contributed by atoms with van der Waals surface area (Å²) in [7, 11) is 0. The van der Waals surface area contributed by atoms with Crippen molar-refractivity contribution in [3.63, 3.8) is 0 Å². The van der Waals surface area contributed by atoms with E-state index in [1.807, 2.05) is 0 Å². The Morgan fingerprint density at radius 3 is 0.726 bits per heavy atom. The molecule has 0 N–H and O–H groups in total. The standard InChI is InChI=1S/C58H40N2O2/c1-9-25-41(26-10-1)49-51-53(59(45-33-17-5-18-34-45)46-35-19-6-20-36-46)58-52(50(42-27-11-2-12-28-42)56(62-58)44-31-15-4-16-32-44)54(57(51)61-55(49)43-29-13-3-14-30-43)60(47-37-21-7-22-38-47)48-39-23-8-24-40-48/h1-40H. The van der Waals surface area contributed by atoms with E-state index in [0.29, 0.717) is 0 Å². The van der Waals surface area contributed by atoms with E-state index >= 15 is 0 Å². The van der Waals surface area contributed by atoms with Crippen molar-refractivity contribution in [2.45, 2.75) is 0 Å². The Morgan fingerprint density at radius 1 is 0.242 bits per heavy atom. The van der Waals surface area contributed by atoms with Crippen molar-refractivity contribution in [3.05, 3.63) is 243 Å². The molecule has 0 bridgehead atoms. The van der Waals surface area contributed by atoms with Crippen LogP contribution in [0.5, 0.6) is 0 Å². The Morgan fingerprint density at radius 2 is 0.468 bits per heavy atom. The molecule has 0 unspecified atom stereocenters. The lowest BCUT2D eigenvalue weighted by Gasteiger charge is -2.30. The fourth-order valence-corrected chi connectivity index (χ4v) is 8.77. The van der Waals surface area contributed by atoms with Gasteiger partial charge in [-0.05, 0) is 59.7 Å². The summed E-state index contributed by atoms with van der Waals surface area (Å²) >= 11 is 0. The second kappa shape index (κ2) is 16.0. The molecule has 0 radical (unpaired) electrons. The molecule has 2 aromatic heterocycles. The van der Waals surface area contributed by atoms with Gasteiger partial charge in [0.25, 0.3) is 0 Å². The first-order valence-corrected chi connectivity index (χ1v) is 20.9. The van der Waals surface area contributed by atoms with Crippen LogP contribution in [0.15, 0.2) is 251 Å². The maximum atomic E-state index is 7.66. The number of rotatable bonds is 10. The molecule has 11 aromatic rings. The summed E-state index contributed by atoms with van der Waals surface area (Å²) in [4.78, 5) is 4.68. The molecular formula is C58H40N2O2. The van der Waals surface area contributed by atoms with Crippen LogP contribution in [0.25, 0.3) is 66.8 Å². The molecule has 0 atom stereocenters. The van der Waals surface area contributed by atoms with E-state index in [4.69, 9.17) is 8.83 Å². The van der Waals surface area contributed by atoms with Gasteiger partial charge in [0.05, 0.1) is 10.8 Å². The molecule has 0 aliphatic heterocycles. The second-order valence-corrected chi connectivity index (χ2v) is 15.2. The first kappa shape index (κ1) is 36.7. The summed E-state index contributed by atoms with van der Waals surface area (Å²) in [6.45, 7) is 0. The third-order valence-electron chi connectivity index (χ3n) is 11.4. The van der Waals surface area contributed by atoms with Gasteiger partial charge in [-0.3, -0.25) is 0 Å². The number of hydrogen-bond acceptors (Lipinski definition) is 4. The smallest absolute Gasteiger partial charge is 0.162 e. The number of anilines is 6.